The minimum Gasteiger partial charge on any atom is -0.456 e. The van der Waals surface area contributed by atoms with Gasteiger partial charge in [0.05, 0.1) is 11.5 Å². The Balaban J connectivity index is 1.67. The lowest BCUT2D eigenvalue weighted by molar-refractivity contribution is -0.153. The van der Waals surface area contributed by atoms with Crippen LogP contribution in [0.3, 0.4) is 0 Å². The highest BCUT2D eigenvalue weighted by Crippen LogP contribution is 2.32. The number of hydrogen-bond acceptors (Lipinski definition) is 7. The largest absolute Gasteiger partial charge is 0.456 e. The highest BCUT2D eigenvalue weighted by atomic mass is 32.2. The summed E-state index contributed by atoms with van der Waals surface area (Å²) in [6, 6.07) is -0.260. The van der Waals surface area contributed by atoms with Crippen LogP contribution in [-0.4, -0.2) is 73.6 Å². The Bertz CT molecular complexity index is 695. The molecule has 160 valence electrons. The Morgan fingerprint density at radius 2 is 1.79 bits per heavy atom. The van der Waals surface area contributed by atoms with Gasteiger partial charge in [0.1, 0.15) is 5.60 Å². The number of sulfone groups is 1. The molecule has 2 fully saturated rings. The van der Waals surface area contributed by atoms with Gasteiger partial charge in [0.2, 0.25) is 0 Å². The lowest BCUT2D eigenvalue weighted by Gasteiger charge is -2.28. The second-order valence-corrected chi connectivity index (χ2v) is 10.5. The predicted molar refractivity (Wildman–Crippen MR) is 101 cm³/mol. The predicted octanol–water partition coefficient (Wildman–Crippen LogP) is 1.01. The third-order valence-electron chi connectivity index (χ3n) is 4.41. The molecule has 10 heteroatoms. The molecular weight excluding hydrogens is 388 g/mol. The highest BCUT2D eigenvalue weighted by molar-refractivity contribution is 7.91. The Labute approximate surface area is 166 Å². The van der Waals surface area contributed by atoms with Crippen LogP contribution in [0.5, 0.6) is 0 Å². The molecule has 0 bridgehead atoms. The molecule has 0 unspecified atom stereocenters. The second kappa shape index (κ2) is 9.11. The van der Waals surface area contributed by atoms with Crippen molar-refractivity contribution < 1.29 is 32.3 Å². The molecule has 1 aliphatic heterocycles. The standard InChI is InChI=1S/C18H30N2O7S/c1-18(2,3)27-17(23)19-9-4-5-16(22)26-11-15(21)20(13-6-7-13)14-8-10-28(24,25)12-14/h13-14H,4-12H2,1-3H3,(H,19,23)/t14-/m1/s1. The molecule has 0 aromatic rings. The smallest absolute Gasteiger partial charge is 0.407 e. The van der Waals surface area contributed by atoms with E-state index in [1.807, 2.05) is 0 Å². The number of alkyl carbamates (subject to hydrolysis) is 1. The van der Waals surface area contributed by atoms with Gasteiger partial charge in [-0.05, 0) is 46.5 Å². The minimum absolute atomic E-state index is 0.0144. The van der Waals surface area contributed by atoms with Crippen LogP contribution in [-0.2, 0) is 28.9 Å². The molecule has 2 amide bonds. The maximum Gasteiger partial charge on any atom is 0.407 e. The molecular formula is C18H30N2O7S. The fraction of sp³-hybridized carbons (Fsp3) is 0.833. The number of nitrogens with zero attached hydrogens (tertiary/aromatic N) is 1. The number of esters is 1. The van der Waals surface area contributed by atoms with Gasteiger partial charge < -0.3 is 19.7 Å². The van der Waals surface area contributed by atoms with Crippen LogP contribution in [0.2, 0.25) is 0 Å². The van der Waals surface area contributed by atoms with Gasteiger partial charge in [0.25, 0.3) is 5.91 Å². The topological polar surface area (TPSA) is 119 Å². The fourth-order valence-corrected chi connectivity index (χ4v) is 4.79. The van der Waals surface area contributed by atoms with Crippen LogP contribution in [0.4, 0.5) is 4.79 Å². The van der Waals surface area contributed by atoms with Gasteiger partial charge in [-0.15, -0.1) is 0 Å². The van der Waals surface area contributed by atoms with Crippen molar-refractivity contribution in [2.45, 2.75) is 70.6 Å². The van der Waals surface area contributed by atoms with E-state index in [4.69, 9.17) is 9.47 Å². The summed E-state index contributed by atoms with van der Waals surface area (Å²) in [6.45, 7) is 5.14. The SMILES string of the molecule is CC(C)(C)OC(=O)NCCCC(=O)OCC(=O)N(C1CC1)[C@@H]1CCS(=O)(=O)C1. The molecule has 1 saturated heterocycles. The molecule has 1 N–H and O–H groups in total. The van der Waals surface area contributed by atoms with Crippen LogP contribution in [0.15, 0.2) is 0 Å². The molecule has 0 aromatic heterocycles. The molecule has 2 aliphatic rings. The lowest BCUT2D eigenvalue weighted by Crippen LogP contribution is -2.44. The van der Waals surface area contributed by atoms with Crippen molar-refractivity contribution in [3.05, 3.63) is 0 Å². The summed E-state index contributed by atoms with van der Waals surface area (Å²) in [4.78, 5) is 37.4. The number of nitrogens with one attached hydrogen (secondary N) is 1. The number of carbonyl (C=O) groups excluding carboxylic acids is 3. The van der Waals surface area contributed by atoms with Crippen molar-refractivity contribution in [3.8, 4) is 0 Å². The zero-order chi connectivity index (χ0) is 20.9. The van der Waals surface area contributed by atoms with Crippen molar-refractivity contribution >= 4 is 27.8 Å². The summed E-state index contributed by atoms with van der Waals surface area (Å²) in [7, 11) is -3.09. The number of carbonyl (C=O) groups is 3. The normalized spacial score (nSPS) is 21.0. The van der Waals surface area contributed by atoms with Crippen LogP contribution < -0.4 is 5.32 Å². The van der Waals surface area contributed by atoms with E-state index < -0.39 is 27.5 Å². The van der Waals surface area contributed by atoms with E-state index in [0.717, 1.165) is 12.8 Å². The average molecular weight is 419 g/mol. The van der Waals surface area contributed by atoms with Gasteiger partial charge in [-0.1, -0.05) is 0 Å². The summed E-state index contributed by atoms with van der Waals surface area (Å²) in [5.74, 6) is -0.794. The number of rotatable bonds is 8. The third-order valence-corrected chi connectivity index (χ3v) is 6.16. The first-order chi connectivity index (χ1) is 13.0. The van der Waals surface area contributed by atoms with Gasteiger partial charge in [-0.2, -0.15) is 0 Å². The van der Waals surface area contributed by atoms with E-state index in [1.54, 1.807) is 25.7 Å². The molecule has 9 nitrogen and oxygen atoms in total. The summed E-state index contributed by atoms with van der Waals surface area (Å²) in [6.07, 6.45) is 2.01. The Morgan fingerprint density at radius 1 is 1.11 bits per heavy atom. The van der Waals surface area contributed by atoms with Crippen molar-refractivity contribution in [1.29, 1.82) is 0 Å². The van der Waals surface area contributed by atoms with Gasteiger partial charge in [-0.3, -0.25) is 9.59 Å². The number of amides is 2. The Morgan fingerprint density at radius 3 is 2.32 bits per heavy atom. The molecule has 1 saturated carbocycles. The number of ether oxygens (including phenoxy) is 2. The minimum atomic E-state index is -3.09. The van der Waals surface area contributed by atoms with Crippen molar-refractivity contribution in [3.63, 3.8) is 0 Å². The zero-order valence-corrected chi connectivity index (χ0v) is 17.5. The van der Waals surface area contributed by atoms with Crippen molar-refractivity contribution in [2.24, 2.45) is 0 Å². The first-order valence-electron chi connectivity index (χ1n) is 9.61. The van der Waals surface area contributed by atoms with E-state index in [-0.39, 0.29) is 49.1 Å². The van der Waals surface area contributed by atoms with Gasteiger partial charge in [0, 0.05) is 25.0 Å². The maximum absolute atomic E-state index is 12.5. The second-order valence-electron chi connectivity index (χ2n) is 8.28. The van der Waals surface area contributed by atoms with Crippen molar-refractivity contribution in [2.75, 3.05) is 24.7 Å². The lowest BCUT2D eigenvalue weighted by atomic mass is 10.2. The molecule has 0 radical (unpaired) electrons. The van der Waals surface area contributed by atoms with E-state index in [2.05, 4.69) is 5.32 Å². The first-order valence-corrected chi connectivity index (χ1v) is 11.4. The first kappa shape index (κ1) is 22.4. The van der Waals surface area contributed by atoms with E-state index in [0.29, 0.717) is 12.8 Å². The van der Waals surface area contributed by atoms with E-state index in [9.17, 15) is 22.8 Å². The molecule has 0 aromatic carbocycles. The molecule has 2 rings (SSSR count). The zero-order valence-electron chi connectivity index (χ0n) is 16.7. The Kier molecular flexibility index (Phi) is 7.30. The Hall–Kier alpha value is -1.84. The third kappa shape index (κ3) is 7.65. The van der Waals surface area contributed by atoms with Crippen molar-refractivity contribution in [1.82, 2.24) is 10.2 Å². The number of hydrogen-bond donors (Lipinski definition) is 1. The van der Waals surface area contributed by atoms with Gasteiger partial charge >= 0.3 is 12.1 Å². The average Bonchev–Trinajstić information content (AvgIpc) is 3.31. The van der Waals surface area contributed by atoms with Gasteiger partial charge in [0.15, 0.2) is 16.4 Å². The molecule has 1 aliphatic carbocycles. The van der Waals surface area contributed by atoms with Crippen LogP contribution in [0.25, 0.3) is 0 Å². The quantitative estimate of drug-likeness (QED) is 0.461. The summed E-state index contributed by atoms with van der Waals surface area (Å²) >= 11 is 0. The van der Waals surface area contributed by atoms with Gasteiger partial charge in [-0.25, -0.2) is 13.2 Å². The summed E-state index contributed by atoms with van der Waals surface area (Å²) in [5, 5.41) is 2.54. The molecule has 28 heavy (non-hydrogen) atoms. The molecule has 1 heterocycles. The van der Waals surface area contributed by atoms with Crippen LogP contribution >= 0.6 is 0 Å². The van der Waals surface area contributed by atoms with E-state index in [1.165, 1.54) is 0 Å². The summed E-state index contributed by atoms with van der Waals surface area (Å²) < 4.78 is 33.5. The molecule has 1 atom stereocenters. The van der Waals surface area contributed by atoms with Crippen LogP contribution in [0, 0.1) is 0 Å². The highest BCUT2D eigenvalue weighted by Gasteiger charge is 2.42. The van der Waals surface area contributed by atoms with E-state index >= 15 is 0 Å². The maximum atomic E-state index is 12.5. The summed E-state index contributed by atoms with van der Waals surface area (Å²) in [5.41, 5.74) is -0.588. The van der Waals surface area contributed by atoms with Crippen LogP contribution in [0.1, 0.15) is 52.9 Å². The monoisotopic (exact) mass is 418 g/mol. The molecule has 0 spiro atoms. The fourth-order valence-electron chi connectivity index (χ4n) is 3.08.